The van der Waals surface area contributed by atoms with Crippen molar-refractivity contribution in [3.63, 3.8) is 0 Å². The van der Waals surface area contributed by atoms with Crippen molar-refractivity contribution in [3.05, 3.63) is 91.9 Å². The Hall–Kier alpha value is -2.24. The highest BCUT2D eigenvalue weighted by atomic mass is 35.5. The van der Waals surface area contributed by atoms with E-state index in [0.29, 0.717) is 11.1 Å². The molecule has 28 heavy (non-hydrogen) atoms. The van der Waals surface area contributed by atoms with Gasteiger partial charge in [0.15, 0.2) is 0 Å². The lowest BCUT2D eigenvalue weighted by Crippen LogP contribution is -1.98. The topological polar surface area (TPSA) is 48.8 Å². The first-order valence-electron chi connectivity index (χ1n) is 8.12. The Balaban J connectivity index is 1.82. The summed E-state index contributed by atoms with van der Waals surface area (Å²) in [5.41, 5.74) is 8.23. The van der Waals surface area contributed by atoms with E-state index in [-0.39, 0.29) is 20.1 Å². The maximum Gasteiger partial charge on any atom is 0.0703 e. The summed E-state index contributed by atoms with van der Waals surface area (Å²) in [5.74, 6) is 0. The minimum atomic E-state index is 0.232. The molecule has 8 heteroatoms. The Morgan fingerprint density at radius 2 is 0.857 bits per heavy atom. The molecule has 0 amide bonds. The first-order valence-corrected chi connectivity index (χ1v) is 9.63. The minimum absolute atomic E-state index is 0.232. The van der Waals surface area contributed by atoms with E-state index >= 15 is 0 Å². The molecule has 0 aromatic heterocycles. The largest absolute Gasteiger partial charge is 0.279 e. The third kappa shape index (κ3) is 4.97. The zero-order valence-corrected chi connectivity index (χ0v) is 17.4. The smallest absolute Gasteiger partial charge is 0.0703 e. The summed E-state index contributed by atoms with van der Waals surface area (Å²) < 4.78 is 0. The first kappa shape index (κ1) is 20.5. The molecule has 2 N–H and O–H groups in total. The van der Waals surface area contributed by atoms with Gasteiger partial charge in [0.05, 0.1) is 43.9 Å². The lowest BCUT2D eigenvalue weighted by Gasteiger charge is -2.11. The number of hydrogen-bond donors (Lipinski definition) is 2. The highest BCUT2D eigenvalue weighted by Gasteiger charge is 2.18. The van der Waals surface area contributed by atoms with E-state index in [4.69, 9.17) is 46.4 Å². The Morgan fingerprint density at radius 3 is 1.18 bits per heavy atom. The molecule has 0 aliphatic heterocycles. The normalized spacial score (nSPS) is 11.3. The lowest BCUT2D eigenvalue weighted by molar-refractivity contribution is 1.34. The molecule has 0 aliphatic carbocycles. The number of hydrazone groups is 2. The quantitative estimate of drug-likeness (QED) is 0.236. The first-order chi connectivity index (χ1) is 13.6. The monoisotopic (exact) mass is 450 g/mol. The van der Waals surface area contributed by atoms with Gasteiger partial charge in [-0.1, -0.05) is 82.8 Å². The summed E-state index contributed by atoms with van der Waals surface area (Å²) in [6.45, 7) is 0. The van der Waals surface area contributed by atoms with Crippen LogP contribution in [0.25, 0.3) is 0 Å². The molecule has 0 aliphatic rings. The summed E-state index contributed by atoms with van der Waals surface area (Å²) in [5, 5.41) is 9.21. The van der Waals surface area contributed by atoms with Crippen LogP contribution in [0, 0.1) is 0 Å². The number of para-hydroxylation sites is 2. The van der Waals surface area contributed by atoms with Crippen molar-refractivity contribution in [2.45, 2.75) is 0 Å². The van der Waals surface area contributed by atoms with E-state index in [2.05, 4.69) is 21.1 Å². The molecule has 0 unspecified atom stereocenters. The average Bonchev–Trinajstić information content (AvgIpc) is 2.73. The highest BCUT2D eigenvalue weighted by molar-refractivity contribution is 6.51. The molecule has 3 aromatic rings. The Morgan fingerprint density at radius 1 is 0.536 bits per heavy atom. The SMILES string of the molecule is Clc1c(Cl)c(/C=N/Nc2ccccc2)c(Cl)c(Cl)c1/C=N/Nc1ccccc1. The van der Waals surface area contributed by atoms with E-state index < -0.39 is 0 Å². The van der Waals surface area contributed by atoms with Gasteiger partial charge in [-0.05, 0) is 24.3 Å². The van der Waals surface area contributed by atoms with Crippen molar-refractivity contribution in [1.82, 2.24) is 0 Å². The molecule has 3 aromatic carbocycles. The van der Waals surface area contributed by atoms with Crippen molar-refractivity contribution in [2.75, 3.05) is 10.9 Å². The maximum absolute atomic E-state index is 6.38. The molecule has 0 spiro atoms. The van der Waals surface area contributed by atoms with Crippen LogP contribution in [0.5, 0.6) is 0 Å². The van der Waals surface area contributed by atoms with Crippen LogP contribution in [0.4, 0.5) is 11.4 Å². The average molecular weight is 452 g/mol. The number of nitrogens with zero attached hydrogens (tertiary/aromatic N) is 2. The molecule has 0 saturated heterocycles. The number of halogens is 4. The van der Waals surface area contributed by atoms with Gasteiger partial charge in [0.25, 0.3) is 0 Å². The third-order valence-electron chi connectivity index (χ3n) is 3.65. The Kier molecular flexibility index (Phi) is 7.18. The Bertz CT molecular complexity index is 894. The predicted octanol–water partition coefficient (Wildman–Crippen LogP) is 7.19. The molecule has 0 heterocycles. The third-order valence-corrected chi connectivity index (χ3v) is 5.42. The van der Waals surface area contributed by atoms with E-state index in [9.17, 15) is 0 Å². The van der Waals surface area contributed by atoms with E-state index in [0.717, 1.165) is 11.4 Å². The molecule has 0 saturated carbocycles. The van der Waals surface area contributed by atoms with E-state index in [1.54, 1.807) is 0 Å². The molecule has 142 valence electrons. The predicted molar refractivity (Wildman–Crippen MR) is 122 cm³/mol. The van der Waals surface area contributed by atoms with Crippen LogP contribution in [0.15, 0.2) is 70.9 Å². The summed E-state index contributed by atoms with van der Waals surface area (Å²) in [4.78, 5) is 0. The molecule has 0 bridgehead atoms. The number of rotatable bonds is 6. The second-order valence-corrected chi connectivity index (χ2v) is 7.07. The summed E-state index contributed by atoms with van der Waals surface area (Å²) in [6, 6.07) is 18.9. The number of nitrogens with one attached hydrogen (secondary N) is 2. The molecule has 0 atom stereocenters. The van der Waals surface area contributed by atoms with Gasteiger partial charge in [0.2, 0.25) is 0 Å². The summed E-state index contributed by atoms with van der Waals surface area (Å²) >= 11 is 25.5. The van der Waals surface area contributed by atoms with Gasteiger partial charge in [-0.15, -0.1) is 0 Å². The van der Waals surface area contributed by atoms with Gasteiger partial charge in [-0.3, -0.25) is 10.9 Å². The number of anilines is 2. The highest BCUT2D eigenvalue weighted by Crippen LogP contribution is 2.39. The van der Waals surface area contributed by atoms with Crippen molar-refractivity contribution in [3.8, 4) is 0 Å². The van der Waals surface area contributed by atoms with Crippen molar-refractivity contribution >= 4 is 70.2 Å². The second-order valence-electron chi connectivity index (χ2n) is 5.56. The van der Waals surface area contributed by atoms with Crippen LogP contribution in [0.3, 0.4) is 0 Å². The number of benzene rings is 3. The Labute approximate surface area is 182 Å². The second kappa shape index (κ2) is 9.80. The molecule has 4 nitrogen and oxygen atoms in total. The van der Waals surface area contributed by atoms with Crippen LogP contribution >= 0.6 is 46.4 Å². The van der Waals surface area contributed by atoms with Gasteiger partial charge < -0.3 is 0 Å². The van der Waals surface area contributed by atoms with Gasteiger partial charge >= 0.3 is 0 Å². The standard InChI is InChI=1S/C20H14Cl4N4/c21-17-15(11-25-27-13-7-3-1-4-8-13)18(22)20(24)16(19(17)23)12-26-28-14-9-5-2-6-10-14/h1-12,27-28H/b25-11+,26-12+. The van der Waals surface area contributed by atoms with Crippen LogP contribution in [-0.2, 0) is 0 Å². The van der Waals surface area contributed by atoms with Crippen LogP contribution in [-0.4, -0.2) is 12.4 Å². The van der Waals surface area contributed by atoms with Crippen molar-refractivity contribution < 1.29 is 0 Å². The van der Waals surface area contributed by atoms with Gasteiger partial charge in [0.1, 0.15) is 0 Å². The lowest BCUT2D eigenvalue weighted by atomic mass is 10.1. The fourth-order valence-electron chi connectivity index (χ4n) is 2.26. The number of hydrogen-bond acceptors (Lipinski definition) is 4. The molecular weight excluding hydrogens is 438 g/mol. The molecule has 0 radical (unpaired) electrons. The summed E-state index contributed by atoms with van der Waals surface area (Å²) in [6.07, 6.45) is 2.94. The minimum Gasteiger partial charge on any atom is -0.279 e. The van der Waals surface area contributed by atoms with Crippen LogP contribution < -0.4 is 10.9 Å². The fraction of sp³-hybridized carbons (Fsp3) is 0. The van der Waals surface area contributed by atoms with E-state index in [1.807, 2.05) is 60.7 Å². The van der Waals surface area contributed by atoms with E-state index in [1.165, 1.54) is 12.4 Å². The fourth-order valence-corrected chi connectivity index (χ4v) is 3.34. The van der Waals surface area contributed by atoms with Crippen molar-refractivity contribution in [2.24, 2.45) is 10.2 Å². The van der Waals surface area contributed by atoms with Crippen molar-refractivity contribution in [1.29, 1.82) is 0 Å². The maximum atomic E-state index is 6.38. The van der Waals surface area contributed by atoms with Crippen LogP contribution in [0.1, 0.15) is 11.1 Å². The molecule has 0 fully saturated rings. The van der Waals surface area contributed by atoms with Crippen LogP contribution in [0.2, 0.25) is 20.1 Å². The van der Waals surface area contributed by atoms with Gasteiger partial charge in [-0.25, -0.2) is 0 Å². The van der Waals surface area contributed by atoms with Gasteiger partial charge in [0, 0.05) is 11.1 Å². The zero-order valence-electron chi connectivity index (χ0n) is 14.3. The summed E-state index contributed by atoms with van der Waals surface area (Å²) in [7, 11) is 0. The molecule has 3 rings (SSSR count). The zero-order chi connectivity index (χ0) is 19.9. The molecular formula is C20H14Cl4N4. The van der Waals surface area contributed by atoms with Gasteiger partial charge in [-0.2, -0.15) is 10.2 Å².